The van der Waals surface area contributed by atoms with Gasteiger partial charge < -0.3 is 5.32 Å². The molecular weight excluding hydrogens is 348 g/mol. The van der Waals surface area contributed by atoms with Gasteiger partial charge in [-0.1, -0.05) is 66.3 Å². The van der Waals surface area contributed by atoms with Crippen LogP contribution in [0.3, 0.4) is 0 Å². The van der Waals surface area contributed by atoms with Gasteiger partial charge in [-0.25, -0.2) is 0 Å². The molecule has 0 atom stereocenters. The van der Waals surface area contributed by atoms with E-state index in [-0.39, 0.29) is 0 Å². The number of hydrogen-bond acceptors (Lipinski definition) is 1. The molecule has 2 rings (SSSR count). The fraction of sp³-hybridized carbons (Fsp3) is 0.250. The van der Waals surface area contributed by atoms with Gasteiger partial charge in [0.15, 0.2) is 0 Å². The predicted molar refractivity (Wildman–Crippen MR) is 93.9 cm³/mol. The highest BCUT2D eigenvalue weighted by molar-refractivity contribution is 6.42. The normalized spacial score (nSPS) is 11.2. The fourth-order valence-corrected chi connectivity index (χ4v) is 3.24. The third-order valence-corrected chi connectivity index (χ3v) is 4.10. The highest BCUT2D eigenvalue weighted by Gasteiger charge is 2.14. The lowest BCUT2D eigenvalue weighted by molar-refractivity contribution is 0.589. The van der Waals surface area contributed by atoms with E-state index in [1.165, 1.54) is 0 Å². The number of benzene rings is 2. The van der Waals surface area contributed by atoms with Crippen molar-refractivity contribution in [3.05, 3.63) is 56.0 Å². The number of halogens is 4. The summed E-state index contributed by atoms with van der Waals surface area (Å²) in [5.41, 5.74) is 2.76. The van der Waals surface area contributed by atoms with Gasteiger partial charge in [-0.05, 0) is 35.4 Å². The zero-order valence-corrected chi connectivity index (χ0v) is 14.7. The standard InChI is InChI=1S/C16H15Cl4N/c1-9(2)21-8-10-3-4-11(17)5-13(10)16-14(19)6-12(18)7-15(16)20/h3-7,9,21H,8H2,1-2H3. The molecule has 0 unspecified atom stereocenters. The SMILES string of the molecule is CC(C)NCc1ccc(Cl)cc1-c1c(Cl)cc(Cl)cc1Cl. The molecule has 2 aromatic carbocycles. The quantitative estimate of drug-likeness (QED) is 0.657. The summed E-state index contributed by atoms with van der Waals surface area (Å²) in [6.07, 6.45) is 0. The Morgan fingerprint density at radius 1 is 0.905 bits per heavy atom. The minimum absolute atomic E-state index is 0.379. The van der Waals surface area contributed by atoms with Crippen molar-refractivity contribution in [1.82, 2.24) is 5.32 Å². The molecule has 5 heteroatoms. The Morgan fingerprint density at radius 3 is 2.10 bits per heavy atom. The molecule has 1 N–H and O–H groups in total. The monoisotopic (exact) mass is 361 g/mol. The molecule has 0 aliphatic heterocycles. The predicted octanol–water partition coefficient (Wildman–Crippen LogP) is 6.47. The van der Waals surface area contributed by atoms with Gasteiger partial charge in [-0.15, -0.1) is 0 Å². The molecule has 0 fully saturated rings. The first-order valence-corrected chi connectivity index (χ1v) is 8.06. The van der Waals surface area contributed by atoms with Crippen LogP contribution in [0.4, 0.5) is 0 Å². The first-order valence-electron chi connectivity index (χ1n) is 6.55. The second kappa shape index (κ2) is 7.21. The van der Waals surface area contributed by atoms with E-state index in [0.717, 1.165) is 16.7 Å². The Labute approximate surface area is 145 Å². The Balaban J connectivity index is 2.54. The molecule has 21 heavy (non-hydrogen) atoms. The van der Waals surface area contributed by atoms with Crippen LogP contribution < -0.4 is 5.32 Å². The summed E-state index contributed by atoms with van der Waals surface area (Å²) in [7, 11) is 0. The highest BCUT2D eigenvalue weighted by atomic mass is 35.5. The molecule has 0 aromatic heterocycles. The first kappa shape index (κ1) is 16.9. The summed E-state index contributed by atoms with van der Waals surface area (Å²) < 4.78 is 0. The zero-order chi connectivity index (χ0) is 15.6. The smallest absolute Gasteiger partial charge is 0.0514 e. The molecule has 1 nitrogen and oxygen atoms in total. The topological polar surface area (TPSA) is 12.0 Å². The highest BCUT2D eigenvalue weighted by Crippen LogP contribution is 2.39. The maximum Gasteiger partial charge on any atom is 0.0514 e. The third kappa shape index (κ3) is 4.28. The zero-order valence-electron chi connectivity index (χ0n) is 11.7. The van der Waals surface area contributed by atoms with Gasteiger partial charge >= 0.3 is 0 Å². The molecule has 0 aliphatic rings. The number of hydrogen-bond donors (Lipinski definition) is 1. The second-order valence-electron chi connectivity index (χ2n) is 5.08. The van der Waals surface area contributed by atoms with E-state index >= 15 is 0 Å². The second-order valence-corrected chi connectivity index (χ2v) is 6.77. The fourth-order valence-electron chi connectivity index (χ4n) is 2.05. The van der Waals surface area contributed by atoms with Gasteiger partial charge in [-0.3, -0.25) is 0 Å². The molecule has 112 valence electrons. The Kier molecular flexibility index (Phi) is 5.81. The van der Waals surface area contributed by atoms with Gasteiger partial charge in [0.05, 0.1) is 10.0 Å². The average molecular weight is 363 g/mol. The number of rotatable bonds is 4. The summed E-state index contributed by atoms with van der Waals surface area (Å²) in [5.74, 6) is 0. The van der Waals surface area contributed by atoms with Crippen LogP contribution in [-0.4, -0.2) is 6.04 Å². The van der Waals surface area contributed by atoms with Crippen molar-refractivity contribution in [1.29, 1.82) is 0 Å². The summed E-state index contributed by atoms with van der Waals surface area (Å²) in [4.78, 5) is 0. The van der Waals surface area contributed by atoms with Crippen LogP contribution >= 0.6 is 46.4 Å². The molecule has 0 bridgehead atoms. The van der Waals surface area contributed by atoms with Crippen molar-refractivity contribution in [3.8, 4) is 11.1 Å². The van der Waals surface area contributed by atoms with E-state index in [4.69, 9.17) is 46.4 Å². The summed E-state index contributed by atoms with van der Waals surface area (Å²) in [6, 6.07) is 9.47. The van der Waals surface area contributed by atoms with E-state index in [2.05, 4.69) is 19.2 Å². The summed E-state index contributed by atoms with van der Waals surface area (Å²) in [6.45, 7) is 4.90. The summed E-state index contributed by atoms with van der Waals surface area (Å²) >= 11 is 24.8. The molecule has 0 amide bonds. The lowest BCUT2D eigenvalue weighted by Crippen LogP contribution is -2.22. The van der Waals surface area contributed by atoms with Crippen molar-refractivity contribution in [2.24, 2.45) is 0 Å². The van der Waals surface area contributed by atoms with Crippen molar-refractivity contribution in [3.63, 3.8) is 0 Å². The Bertz CT molecular complexity index is 630. The van der Waals surface area contributed by atoms with E-state index in [1.54, 1.807) is 12.1 Å². The lowest BCUT2D eigenvalue weighted by atomic mass is 9.99. The maximum absolute atomic E-state index is 6.32. The molecule has 0 aliphatic carbocycles. The minimum Gasteiger partial charge on any atom is -0.310 e. The van der Waals surface area contributed by atoms with E-state index in [9.17, 15) is 0 Å². The van der Waals surface area contributed by atoms with Gasteiger partial charge in [0.1, 0.15) is 0 Å². The van der Waals surface area contributed by atoms with E-state index in [0.29, 0.717) is 32.7 Å². The minimum atomic E-state index is 0.379. The maximum atomic E-state index is 6.32. The van der Waals surface area contributed by atoms with Gasteiger partial charge in [-0.2, -0.15) is 0 Å². The van der Waals surface area contributed by atoms with Crippen molar-refractivity contribution in [2.75, 3.05) is 0 Å². The van der Waals surface area contributed by atoms with Crippen LogP contribution in [0.1, 0.15) is 19.4 Å². The largest absolute Gasteiger partial charge is 0.310 e. The van der Waals surface area contributed by atoms with Crippen LogP contribution in [0, 0.1) is 0 Å². The van der Waals surface area contributed by atoms with E-state index < -0.39 is 0 Å². The van der Waals surface area contributed by atoms with Crippen molar-refractivity contribution >= 4 is 46.4 Å². The third-order valence-electron chi connectivity index (χ3n) is 3.05. The van der Waals surface area contributed by atoms with Crippen LogP contribution in [0.15, 0.2) is 30.3 Å². The lowest BCUT2D eigenvalue weighted by Gasteiger charge is -2.15. The molecule has 0 radical (unpaired) electrons. The number of nitrogens with one attached hydrogen (secondary N) is 1. The Morgan fingerprint density at radius 2 is 1.52 bits per heavy atom. The Hall–Kier alpha value is -0.440. The van der Waals surface area contributed by atoms with E-state index in [1.807, 2.05) is 18.2 Å². The van der Waals surface area contributed by atoms with Crippen molar-refractivity contribution in [2.45, 2.75) is 26.4 Å². The van der Waals surface area contributed by atoms with Crippen LogP contribution in [0.25, 0.3) is 11.1 Å². The van der Waals surface area contributed by atoms with Gasteiger partial charge in [0.2, 0.25) is 0 Å². The molecular formula is C16H15Cl4N. The average Bonchev–Trinajstić information content (AvgIpc) is 2.36. The van der Waals surface area contributed by atoms with Crippen molar-refractivity contribution < 1.29 is 0 Å². The molecule has 0 heterocycles. The van der Waals surface area contributed by atoms with Gasteiger partial charge in [0, 0.05) is 28.2 Å². The van der Waals surface area contributed by atoms with Crippen LogP contribution in [0.2, 0.25) is 20.1 Å². The molecule has 0 saturated carbocycles. The first-order chi connectivity index (χ1) is 9.88. The van der Waals surface area contributed by atoms with Gasteiger partial charge in [0.25, 0.3) is 0 Å². The van der Waals surface area contributed by atoms with Crippen LogP contribution in [0.5, 0.6) is 0 Å². The van der Waals surface area contributed by atoms with Crippen LogP contribution in [-0.2, 0) is 6.54 Å². The molecule has 0 spiro atoms. The summed E-state index contributed by atoms with van der Waals surface area (Å²) in [5, 5.41) is 5.57. The molecule has 0 saturated heterocycles. The molecule has 2 aromatic rings.